The molecule has 0 N–H and O–H groups in total. The molecule has 0 radical (unpaired) electrons. The Morgan fingerprint density at radius 1 is 1.27 bits per heavy atom. The van der Waals surface area contributed by atoms with Crippen LogP contribution in [0.15, 0.2) is 48.5 Å². The van der Waals surface area contributed by atoms with Gasteiger partial charge in [0, 0.05) is 25.3 Å². The fourth-order valence-corrected chi connectivity index (χ4v) is 3.13. The van der Waals surface area contributed by atoms with Crippen molar-refractivity contribution in [3.05, 3.63) is 65.5 Å². The molecule has 26 heavy (non-hydrogen) atoms. The van der Waals surface area contributed by atoms with Crippen LogP contribution in [0.5, 0.6) is 5.75 Å². The topological polar surface area (TPSA) is 38.8 Å². The molecule has 5 heteroatoms. The fraction of sp³-hybridized carbons (Fsp3) is 0.381. The summed E-state index contributed by atoms with van der Waals surface area (Å²) >= 11 is 0. The van der Waals surface area contributed by atoms with E-state index < -0.39 is 0 Å². The number of halogens is 1. The molecule has 1 aliphatic rings. The summed E-state index contributed by atoms with van der Waals surface area (Å²) in [5.41, 5.74) is 1.47. The minimum absolute atomic E-state index is 0.0504. The highest BCUT2D eigenvalue weighted by Gasteiger charge is 2.24. The van der Waals surface area contributed by atoms with Crippen molar-refractivity contribution in [2.45, 2.75) is 32.4 Å². The number of ether oxygens (including phenoxy) is 2. The molecule has 1 fully saturated rings. The van der Waals surface area contributed by atoms with Gasteiger partial charge < -0.3 is 14.4 Å². The second kappa shape index (κ2) is 8.81. The van der Waals surface area contributed by atoms with Crippen LogP contribution in [0.2, 0.25) is 0 Å². The predicted octanol–water partition coefficient (Wildman–Crippen LogP) is 4.05. The normalized spacial score (nSPS) is 16.5. The SMILES string of the molecule is CCOc1cccc(C(=O)N(Cc2ccc(F)cc2)CC2CCCO2)c1. The van der Waals surface area contributed by atoms with Crippen LogP contribution < -0.4 is 4.74 Å². The van der Waals surface area contributed by atoms with Crippen LogP contribution in [0.1, 0.15) is 35.7 Å². The lowest BCUT2D eigenvalue weighted by Crippen LogP contribution is -2.37. The van der Waals surface area contributed by atoms with Crippen molar-refractivity contribution in [3.8, 4) is 5.75 Å². The van der Waals surface area contributed by atoms with Gasteiger partial charge in [-0.15, -0.1) is 0 Å². The number of hydrogen-bond donors (Lipinski definition) is 0. The van der Waals surface area contributed by atoms with E-state index in [0.29, 0.717) is 31.0 Å². The summed E-state index contributed by atoms with van der Waals surface area (Å²) in [6, 6.07) is 13.5. The van der Waals surface area contributed by atoms with Crippen LogP contribution in [0.4, 0.5) is 4.39 Å². The molecule has 2 aromatic rings. The first-order chi connectivity index (χ1) is 12.7. The Balaban J connectivity index is 1.79. The lowest BCUT2D eigenvalue weighted by Gasteiger charge is -2.26. The molecule has 3 rings (SSSR count). The molecule has 1 amide bonds. The van der Waals surface area contributed by atoms with Crippen LogP contribution >= 0.6 is 0 Å². The third-order valence-electron chi connectivity index (χ3n) is 4.41. The summed E-state index contributed by atoms with van der Waals surface area (Å²) in [4.78, 5) is 14.9. The van der Waals surface area contributed by atoms with E-state index in [1.165, 1.54) is 12.1 Å². The Hall–Kier alpha value is -2.40. The van der Waals surface area contributed by atoms with Gasteiger partial charge in [0.05, 0.1) is 12.7 Å². The average Bonchev–Trinajstić information content (AvgIpc) is 3.16. The third-order valence-corrected chi connectivity index (χ3v) is 4.41. The second-order valence-electron chi connectivity index (χ2n) is 6.41. The molecule has 0 aromatic heterocycles. The second-order valence-corrected chi connectivity index (χ2v) is 6.41. The molecule has 2 aromatic carbocycles. The Morgan fingerprint density at radius 3 is 2.77 bits per heavy atom. The van der Waals surface area contributed by atoms with E-state index in [1.54, 1.807) is 29.2 Å². The van der Waals surface area contributed by atoms with E-state index in [-0.39, 0.29) is 17.8 Å². The lowest BCUT2D eigenvalue weighted by molar-refractivity contribution is 0.0507. The molecule has 0 spiro atoms. The maximum atomic E-state index is 13.2. The molecular formula is C21H24FNO3. The number of hydrogen-bond acceptors (Lipinski definition) is 3. The first-order valence-electron chi connectivity index (χ1n) is 9.04. The van der Waals surface area contributed by atoms with Crippen LogP contribution in [-0.4, -0.2) is 36.7 Å². The summed E-state index contributed by atoms with van der Waals surface area (Å²) in [5.74, 6) is 0.318. The molecule has 0 bridgehead atoms. The summed E-state index contributed by atoms with van der Waals surface area (Å²) in [7, 11) is 0. The molecule has 4 nitrogen and oxygen atoms in total. The number of carbonyl (C=O) groups excluding carboxylic acids is 1. The minimum atomic E-state index is -0.282. The van der Waals surface area contributed by atoms with Crippen molar-refractivity contribution in [1.29, 1.82) is 0 Å². The van der Waals surface area contributed by atoms with Gasteiger partial charge in [-0.1, -0.05) is 18.2 Å². The van der Waals surface area contributed by atoms with Crippen molar-refractivity contribution >= 4 is 5.91 Å². The van der Waals surface area contributed by atoms with E-state index in [4.69, 9.17) is 9.47 Å². The van der Waals surface area contributed by atoms with Crippen molar-refractivity contribution in [1.82, 2.24) is 4.90 Å². The Morgan fingerprint density at radius 2 is 2.08 bits per heavy atom. The number of rotatable bonds is 7. The van der Waals surface area contributed by atoms with E-state index >= 15 is 0 Å². The smallest absolute Gasteiger partial charge is 0.254 e. The molecule has 1 atom stereocenters. The van der Waals surface area contributed by atoms with Crippen molar-refractivity contribution < 1.29 is 18.7 Å². The van der Waals surface area contributed by atoms with Crippen LogP contribution in [0.25, 0.3) is 0 Å². The van der Waals surface area contributed by atoms with Crippen molar-refractivity contribution in [2.24, 2.45) is 0 Å². The first kappa shape index (κ1) is 18.4. The summed E-state index contributed by atoms with van der Waals surface area (Å²) in [6.07, 6.45) is 2.02. The molecule has 1 unspecified atom stereocenters. The quantitative estimate of drug-likeness (QED) is 0.750. The Bertz CT molecular complexity index is 726. The van der Waals surface area contributed by atoms with Gasteiger partial charge in [0.25, 0.3) is 5.91 Å². The number of nitrogens with zero attached hydrogens (tertiary/aromatic N) is 1. The van der Waals surface area contributed by atoms with Crippen molar-refractivity contribution in [3.63, 3.8) is 0 Å². The molecule has 0 aliphatic carbocycles. The van der Waals surface area contributed by atoms with Gasteiger partial charge in [-0.25, -0.2) is 4.39 Å². The zero-order chi connectivity index (χ0) is 18.4. The Labute approximate surface area is 153 Å². The van der Waals surface area contributed by atoms with Crippen LogP contribution in [-0.2, 0) is 11.3 Å². The summed E-state index contributed by atoms with van der Waals surface area (Å²) in [6.45, 7) is 4.13. The summed E-state index contributed by atoms with van der Waals surface area (Å²) < 4.78 is 24.4. The number of benzene rings is 2. The van der Waals surface area contributed by atoms with Gasteiger partial charge in [-0.3, -0.25) is 4.79 Å². The van der Waals surface area contributed by atoms with Crippen LogP contribution in [0.3, 0.4) is 0 Å². The molecule has 0 saturated carbocycles. The van der Waals surface area contributed by atoms with Gasteiger partial charge >= 0.3 is 0 Å². The van der Waals surface area contributed by atoms with Crippen molar-refractivity contribution in [2.75, 3.05) is 19.8 Å². The molecule has 1 saturated heterocycles. The third kappa shape index (κ3) is 4.82. The standard InChI is InChI=1S/C21H24FNO3/c1-2-25-19-6-3-5-17(13-19)21(24)23(15-20-7-4-12-26-20)14-16-8-10-18(22)11-9-16/h3,5-6,8-11,13,20H,2,4,7,12,14-15H2,1H3. The first-order valence-corrected chi connectivity index (χ1v) is 9.04. The molecule has 1 aliphatic heterocycles. The molecule has 138 valence electrons. The molecule has 1 heterocycles. The lowest BCUT2D eigenvalue weighted by atomic mass is 10.1. The minimum Gasteiger partial charge on any atom is -0.494 e. The maximum Gasteiger partial charge on any atom is 0.254 e. The van der Waals surface area contributed by atoms with Gasteiger partial charge in [0.15, 0.2) is 0 Å². The fourth-order valence-electron chi connectivity index (χ4n) is 3.13. The molecular weight excluding hydrogens is 333 g/mol. The maximum absolute atomic E-state index is 13.2. The van der Waals surface area contributed by atoms with Gasteiger partial charge in [0.1, 0.15) is 11.6 Å². The van der Waals surface area contributed by atoms with Gasteiger partial charge in [0.2, 0.25) is 0 Å². The average molecular weight is 357 g/mol. The van der Waals surface area contributed by atoms with E-state index in [1.807, 2.05) is 19.1 Å². The van der Waals surface area contributed by atoms with Crippen LogP contribution in [0, 0.1) is 5.82 Å². The van der Waals surface area contributed by atoms with E-state index in [2.05, 4.69) is 0 Å². The zero-order valence-corrected chi connectivity index (χ0v) is 15.0. The largest absolute Gasteiger partial charge is 0.494 e. The monoisotopic (exact) mass is 357 g/mol. The highest BCUT2D eigenvalue weighted by Crippen LogP contribution is 2.20. The van der Waals surface area contributed by atoms with E-state index in [0.717, 1.165) is 25.0 Å². The highest BCUT2D eigenvalue weighted by atomic mass is 19.1. The Kier molecular flexibility index (Phi) is 6.23. The van der Waals surface area contributed by atoms with Gasteiger partial charge in [-0.2, -0.15) is 0 Å². The highest BCUT2D eigenvalue weighted by molar-refractivity contribution is 5.94. The zero-order valence-electron chi connectivity index (χ0n) is 15.0. The van der Waals surface area contributed by atoms with Gasteiger partial charge in [-0.05, 0) is 55.7 Å². The summed E-state index contributed by atoms with van der Waals surface area (Å²) in [5, 5.41) is 0. The number of carbonyl (C=O) groups is 1. The van der Waals surface area contributed by atoms with E-state index in [9.17, 15) is 9.18 Å². The number of amides is 1. The predicted molar refractivity (Wildman–Crippen MR) is 97.7 cm³/mol.